The third-order valence-corrected chi connectivity index (χ3v) is 3.42. The third-order valence-electron chi connectivity index (χ3n) is 3.42. The van der Waals surface area contributed by atoms with Gasteiger partial charge >= 0.3 is 6.09 Å². The Morgan fingerprint density at radius 1 is 1.09 bits per heavy atom. The second kappa shape index (κ2) is 8.03. The summed E-state index contributed by atoms with van der Waals surface area (Å²) in [5.74, 6) is 0.757. The fourth-order valence-electron chi connectivity index (χ4n) is 2.18. The maximum atomic E-state index is 12.3. The van der Waals surface area contributed by atoms with Crippen LogP contribution >= 0.6 is 0 Å². The van der Waals surface area contributed by atoms with Gasteiger partial charge in [0.2, 0.25) is 0 Å². The van der Waals surface area contributed by atoms with E-state index in [-0.39, 0.29) is 0 Å². The molecule has 0 unspecified atom stereocenters. The lowest BCUT2D eigenvalue weighted by atomic mass is 10.1. The van der Waals surface area contributed by atoms with Crippen LogP contribution in [0, 0.1) is 0 Å². The lowest BCUT2D eigenvalue weighted by molar-refractivity contribution is 0.123. The zero-order valence-electron chi connectivity index (χ0n) is 13.5. The van der Waals surface area contributed by atoms with Gasteiger partial charge in [-0.15, -0.1) is 0 Å². The minimum Gasteiger partial charge on any atom is -0.497 e. The molecule has 2 rings (SSSR count). The highest BCUT2D eigenvalue weighted by atomic mass is 16.6. The molecule has 23 heavy (non-hydrogen) atoms. The molecule has 0 atom stereocenters. The van der Waals surface area contributed by atoms with Crippen LogP contribution in [-0.4, -0.2) is 24.7 Å². The summed E-state index contributed by atoms with van der Waals surface area (Å²) in [6.07, 6.45) is -0.405. The second-order valence-corrected chi connectivity index (χ2v) is 4.95. The van der Waals surface area contributed by atoms with Crippen LogP contribution in [-0.2, 0) is 11.3 Å². The lowest BCUT2D eigenvalue weighted by Crippen LogP contribution is -2.29. The van der Waals surface area contributed by atoms with E-state index < -0.39 is 6.09 Å². The molecule has 0 saturated heterocycles. The minimum absolute atomic E-state index is 0.319. The maximum Gasteiger partial charge on any atom is 0.414 e. The van der Waals surface area contributed by atoms with Crippen LogP contribution in [0.3, 0.4) is 0 Å². The molecule has 0 N–H and O–H groups in total. The molecule has 2 aromatic rings. The van der Waals surface area contributed by atoms with Gasteiger partial charge in [-0.1, -0.05) is 36.9 Å². The van der Waals surface area contributed by atoms with Gasteiger partial charge in [0.05, 0.1) is 20.3 Å². The highest BCUT2D eigenvalue weighted by Crippen LogP contribution is 2.23. The number of carbonyl (C=O) groups is 1. The Kier molecular flexibility index (Phi) is 5.80. The number of ether oxygens (including phenoxy) is 2. The summed E-state index contributed by atoms with van der Waals surface area (Å²) in [6.45, 7) is 6.58. The van der Waals surface area contributed by atoms with Crippen molar-refractivity contribution in [3.8, 4) is 5.75 Å². The van der Waals surface area contributed by atoms with Gasteiger partial charge in [0.25, 0.3) is 0 Å². The van der Waals surface area contributed by atoms with Crippen molar-refractivity contribution < 1.29 is 14.3 Å². The molecule has 0 saturated carbocycles. The van der Waals surface area contributed by atoms with E-state index in [2.05, 4.69) is 6.58 Å². The van der Waals surface area contributed by atoms with Crippen molar-refractivity contribution in [3.63, 3.8) is 0 Å². The summed E-state index contributed by atoms with van der Waals surface area (Å²) in [5.41, 5.74) is 2.44. The normalized spacial score (nSPS) is 10.0. The summed E-state index contributed by atoms with van der Waals surface area (Å²) in [5, 5.41) is 0. The van der Waals surface area contributed by atoms with Gasteiger partial charge in [-0.25, -0.2) is 4.79 Å². The van der Waals surface area contributed by atoms with Crippen LogP contribution < -0.4 is 4.74 Å². The molecule has 0 heterocycles. The number of methoxy groups -OCH3 is 1. The molecule has 0 aliphatic heterocycles. The quantitative estimate of drug-likeness (QED) is 0.797. The topological polar surface area (TPSA) is 38.8 Å². The molecule has 0 bridgehead atoms. The fraction of sp³-hybridized carbons (Fsp3) is 0.211. The molecular weight excluding hydrogens is 290 g/mol. The number of carbonyl (C=O) groups excluding carboxylic acids is 1. The molecule has 0 spiro atoms. The van der Waals surface area contributed by atoms with Crippen molar-refractivity contribution in [2.45, 2.75) is 13.5 Å². The van der Waals surface area contributed by atoms with E-state index in [4.69, 9.17) is 9.47 Å². The van der Waals surface area contributed by atoms with Crippen molar-refractivity contribution >= 4 is 11.8 Å². The van der Waals surface area contributed by atoms with E-state index >= 15 is 0 Å². The van der Waals surface area contributed by atoms with E-state index in [0.29, 0.717) is 18.8 Å². The Hall–Kier alpha value is -2.75. The predicted molar refractivity (Wildman–Crippen MR) is 91.0 cm³/mol. The lowest BCUT2D eigenvalue weighted by Gasteiger charge is -2.24. The van der Waals surface area contributed by atoms with E-state index in [1.807, 2.05) is 54.6 Å². The van der Waals surface area contributed by atoms with E-state index in [0.717, 1.165) is 16.9 Å². The van der Waals surface area contributed by atoms with Crippen LogP contribution in [0.15, 0.2) is 61.2 Å². The number of benzene rings is 2. The van der Waals surface area contributed by atoms with E-state index in [9.17, 15) is 4.79 Å². The molecule has 4 nitrogen and oxygen atoms in total. The zero-order chi connectivity index (χ0) is 16.7. The van der Waals surface area contributed by atoms with Crippen molar-refractivity contribution in [2.75, 3.05) is 13.7 Å². The Bertz CT molecular complexity index is 650. The number of hydrogen-bond donors (Lipinski definition) is 0. The van der Waals surface area contributed by atoms with Crippen molar-refractivity contribution in [2.24, 2.45) is 0 Å². The van der Waals surface area contributed by atoms with Crippen LogP contribution in [0.25, 0.3) is 5.70 Å². The van der Waals surface area contributed by atoms with Crippen LogP contribution in [0.4, 0.5) is 4.79 Å². The van der Waals surface area contributed by atoms with Crippen LogP contribution in [0.2, 0.25) is 0 Å². The van der Waals surface area contributed by atoms with Crippen LogP contribution in [0.5, 0.6) is 5.75 Å². The minimum atomic E-state index is -0.405. The molecule has 0 aliphatic rings. The van der Waals surface area contributed by atoms with Gasteiger partial charge in [0, 0.05) is 5.70 Å². The van der Waals surface area contributed by atoms with E-state index in [1.165, 1.54) is 0 Å². The first-order valence-electron chi connectivity index (χ1n) is 7.47. The van der Waals surface area contributed by atoms with Gasteiger partial charge in [-0.2, -0.15) is 0 Å². The molecule has 0 aliphatic carbocycles. The van der Waals surface area contributed by atoms with Crippen molar-refractivity contribution in [1.82, 2.24) is 4.90 Å². The standard InChI is InChI=1S/C19H21NO3/c1-4-23-19(21)20(14-16-8-6-5-7-9-16)15(2)17-10-12-18(22-3)13-11-17/h5-13H,2,4,14H2,1,3H3. The smallest absolute Gasteiger partial charge is 0.414 e. The summed E-state index contributed by atoms with van der Waals surface area (Å²) < 4.78 is 10.3. The summed E-state index contributed by atoms with van der Waals surface area (Å²) in [6, 6.07) is 17.2. The largest absolute Gasteiger partial charge is 0.497 e. The Morgan fingerprint density at radius 3 is 2.30 bits per heavy atom. The fourth-order valence-corrected chi connectivity index (χ4v) is 2.18. The van der Waals surface area contributed by atoms with Gasteiger partial charge in [0.15, 0.2) is 0 Å². The Morgan fingerprint density at radius 2 is 1.74 bits per heavy atom. The number of nitrogens with zero attached hydrogens (tertiary/aromatic N) is 1. The number of amides is 1. The van der Waals surface area contributed by atoms with Crippen molar-refractivity contribution in [1.29, 1.82) is 0 Å². The molecule has 0 aromatic heterocycles. The second-order valence-electron chi connectivity index (χ2n) is 4.95. The monoisotopic (exact) mass is 311 g/mol. The molecule has 2 aromatic carbocycles. The molecule has 4 heteroatoms. The van der Waals surface area contributed by atoms with Gasteiger partial charge in [0.1, 0.15) is 5.75 Å². The average molecular weight is 311 g/mol. The van der Waals surface area contributed by atoms with Crippen molar-refractivity contribution in [3.05, 3.63) is 72.3 Å². The first kappa shape index (κ1) is 16.6. The summed E-state index contributed by atoms with van der Waals surface area (Å²) in [7, 11) is 1.62. The molecule has 1 amide bonds. The first-order valence-corrected chi connectivity index (χ1v) is 7.47. The SMILES string of the molecule is C=C(c1ccc(OC)cc1)N(Cc1ccccc1)C(=O)OCC. The first-order chi connectivity index (χ1) is 11.2. The molecule has 120 valence electrons. The highest BCUT2D eigenvalue weighted by Gasteiger charge is 2.19. The Labute approximate surface area is 137 Å². The predicted octanol–water partition coefficient (Wildman–Crippen LogP) is 4.32. The number of hydrogen-bond acceptors (Lipinski definition) is 3. The number of rotatable bonds is 6. The van der Waals surface area contributed by atoms with Gasteiger partial charge in [-0.3, -0.25) is 4.90 Å². The van der Waals surface area contributed by atoms with Crippen LogP contribution in [0.1, 0.15) is 18.1 Å². The Balaban J connectivity index is 2.24. The molecular formula is C19H21NO3. The maximum absolute atomic E-state index is 12.3. The van der Waals surface area contributed by atoms with E-state index in [1.54, 1.807) is 18.9 Å². The molecule has 0 fully saturated rings. The third kappa shape index (κ3) is 4.36. The van der Waals surface area contributed by atoms with Gasteiger partial charge < -0.3 is 9.47 Å². The zero-order valence-corrected chi connectivity index (χ0v) is 13.5. The molecule has 0 radical (unpaired) electrons. The summed E-state index contributed by atoms with van der Waals surface area (Å²) in [4.78, 5) is 13.8. The average Bonchev–Trinajstić information content (AvgIpc) is 2.60. The highest BCUT2D eigenvalue weighted by molar-refractivity contribution is 5.81. The van der Waals surface area contributed by atoms with Gasteiger partial charge in [-0.05, 0) is 42.3 Å². The summed E-state index contributed by atoms with van der Waals surface area (Å²) >= 11 is 0.